The summed E-state index contributed by atoms with van der Waals surface area (Å²) in [4.78, 5) is 18.2. The highest BCUT2D eigenvalue weighted by Gasteiger charge is 2.36. The molecule has 1 N–H and O–H groups in total. The van der Waals surface area contributed by atoms with Crippen LogP contribution in [0.3, 0.4) is 0 Å². The van der Waals surface area contributed by atoms with Gasteiger partial charge in [0.15, 0.2) is 0 Å². The Bertz CT molecular complexity index is 1270. The molecule has 1 aliphatic heterocycles. The fraction of sp³-hybridized carbons (Fsp3) is 0.240. The lowest BCUT2D eigenvalue weighted by Gasteiger charge is -2.30. The molecular formula is C25H22FN3OS2. The third kappa shape index (κ3) is 3.27. The minimum absolute atomic E-state index is 0.175. The molecule has 0 spiro atoms. The Morgan fingerprint density at radius 2 is 1.88 bits per heavy atom. The molecule has 4 aromatic rings. The lowest BCUT2D eigenvalue weighted by molar-refractivity contribution is 0.195. The number of benzene rings is 1. The van der Waals surface area contributed by atoms with Crippen molar-refractivity contribution in [2.45, 2.75) is 38.3 Å². The number of carbonyl (C=O) groups excluding carboxylic acids is 1. The second-order valence-electron chi connectivity index (χ2n) is 8.28. The smallest absolute Gasteiger partial charge is 0.310 e. The van der Waals surface area contributed by atoms with Gasteiger partial charge in [-0.25, -0.2) is 9.18 Å². The van der Waals surface area contributed by atoms with Crippen molar-refractivity contribution >= 4 is 34.4 Å². The molecule has 3 aromatic heterocycles. The van der Waals surface area contributed by atoms with E-state index in [1.54, 1.807) is 23.5 Å². The topological polar surface area (TPSA) is 37.3 Å². The minimum atomic E-state index is -0.318. The molecule has 162 valence electrons. The number of carbonyl (C=O) groups is 1. The molecule has 6 rings (SSSR count). The minimum Gasteiger partial charge on any atom is -0.310 e. The van der Waals surface area contributed by atoms with Gasteiger partial charge in [-0.3, -0.25) is 0 Å². The second-order valence-corrected chi connectivity index (χ2v) is 10.3. The second kappa shape index (κ2) is 7.90. The normalized spacial score (nSPS) is 17.3. The molecule has 4 heterocycles. The number of nitrogens with zero attached hydrogens (tertiary/aromatic N) is 2. The molecule has 0 bridgehead atoms. The maximum Gasteiger partial charge on any atom is 0.323 e. The van der Waals surface area contributed by atoms with Crippen LogP contribution in [0, 0.1) is 5.82 Å². The van der Waals surface area contributed by atoms with Crippen molar-refractivity contribution in [3.05, 3.63) is 92.5 Å². The van der Waals surface area contributed by atoms with E-state index in [1.165, 1.54) is 46.0 Å². The molecule has 7 heteroatoms. The van der Waals surface area contributed by atoms with Crippen LogP contribution in [0.25, 0.3) is 5.00 Å². The summed E-state index contributed by atoms with van der Waals surface area (Å²) in [6.07, 6.45) is 6.76. The first kappa shape index (κ1) is 19.8. The third-order valence-electron chi connectivity index (χ3n) is 6.35. The van der Waals surface area contributed by atoms with E-state index < -0.39 is 0 Å². The molecule has 2 aliphatic rings. The number of rotatable bonds is 2. The van der Waals surface area contributed by atoms with Crippen molar-refractivity contribution < 1.29 is 9.18 Å². The Hall–Kier alpha value is -2.90. The summed E-state index contributed by atoms with van der Waals surface area (Å²) in [7, 11) is 0. The van der Waals surface area contributed by atoms with Crippen molar-refractivity contribution in [3.8, 4) is 5.00 Å². The fourth-order valence-electron chi connectivity index (χ4n) is 4.86. The molecule has 0 fully saturated rings. The van der Waals surface area contributed by atoms with Crippen LogP contribution in [0.5, 0.6) is 0 Å². The van der Waals surface area contributed by atoms with E-state index in [0.29, 0.717) is 12.2 Å². The van der Waals surface area contributed by atoms with Crippen molar-refractivity contribution in [3.63, 3.8) is 0 Å². The Kier molecular flexibility index (Phi) is 4.88. The lowest BCUT2D eigenvalue weighted by Crippen LogP contribution is -2.37. The number of aromatic nitrogens is 1. The van der Waals surface area contributed by atoms with E-state index >= 15 is 0 Å². The van der Waals surface area contributed by atoms with Crippen LogP contribution in [-0.2, 0) is 19.4 Å². The van der Waals surface area contributed by atoms with E-state index in [0.717, 1.165) is 23.4 Å². The number of aryl methyl sites for hydroxylation is 1. The molecule has 0 radical (unpaired) electrons. The number of fused-ring (bicyclic) bond motifs is 5. The van der Waals surface area contributed by atoms with Crippen LogP contribution in [0.15, 0.2) is 60.1 Å². The molecule has 4 nitrogen and oxygen atoms in total. The predicted octanol–water partition coefficient (Wildman–Crippen LogP) is 6.76. The van der Waals surface area contributed by atoms with E-state index in [2.05, 4.69) is 39.7 Å². The van der Waals surface area contributed by atoms with Gasteiger partial charge in [-0.15, -0.1) is 22.7 Å². The highest BCUT2D eigenvalue weighted by molar-refractivity contribution is 7.15. The van der Waals surface area contributed by atoms with Gasteiger partial charge in [0, 0.05) is 27.2 Å². The molecule has 2 amide bonds. The maximum absolute atomic E-state index is 13.7. The van der Waals surface area contributed by atoms with Crippen LogP contribution in [0.2, 0.25) is 0 Å². The predicted molar refractivity (Wildman–Crippen MR) is 127 cm³/mol. The number of hydrogen-bond acceptors (Lipinski definition) is 3. The van der Waals surface area contributed by atoms with Gasteiger partial charge in [-0.05, 0) is 79.1 Å². The Morgan fingerprint density at radius 3 is 2.69 bits per heavy atom. The van der Waals surface area contributed by atoms with Crippen molar-refractivity contribution in [2.24, 2.45) is 0 Å². The van der Waals surface area contributed by atoms with Gasteiger partial charge in [0.1, 0.15) is 16.9 Å². The number of halogens is 1. The SMILES string of the molecule is O=C(Nc1ccc(F)cc1)N1Cc2c(sc3c2CCCC3)-n2cccc2C1c1cccs1. The summed E-state index contributed by atoms with van der Waals surface area (Å²) in [6.45, 7) is 0.554. The summed E-state index contributed by atoms with van der Waals surface area (Å²) < 4.78 is 15.7. The van der Waals surface area contributed by atoms with Crippen molar-refractivity contribution in [2.75, 3.05) is 5.32 Å². The van der Waals surface area contributed by atoms with Crippen molar-refractivity contribution in [1.82, 2.24) is 9.47 Å². The molecule has 0 saturated heterocycles. The monoisotopic (exact) mass is 463 g/mol. The zero-order valence-electron chi connectivity index (χ0n) is 17.4. The van der Waals surface area contributed by atoms with Crippen LogP contribution in [0.1, 0.15) is 45.5 Å². The van der Waals surface area contributed by atoms with Gasteiger partial charge in [-0.1, -0.05) is 6.07 Å². The highest BCUT2D eigenvalue weighted by Crippen LogP contribution is 2.44. The van der Waals surface area contributed by atoms with Crippen LogP contribution in [0.4, 0.5) is 14.9 Å². The Balaban J connectivity index is 1.48. The highest BCUT2D eigenvalue weighted by atomic mass is 32.1. The quantitative estimate of drug-likeness (QED) is 0.351. The molecular weight excluding hydrogens is 441 g/mol. The van der Waals surface area contributed by atoms with E-state index in [9.17, 15) is 9.18 Å². The van der Waals surface area contributed by atoms with Crippen LogP contribution >= 0.6 is 22.7 Å². The number of anilines is 1. The van der Waals surface area contributed by atoms with E-state index in [1.807, 2.05) is 22.3 Å². The lowest BCUT2D eigenvalue weighted by atomic mass is 9.95. The number of urea groups is 1. The molecule has 1 aliphatic carbocycles. The van der Waals surface area contributed by atoms with Crippen molar-refractivity contribution in [1.29, 1.82) is 0 Å². The molecule has 0 saturated carbocycles. The van der Waals surface area contributed by atoms with Gasteiger partial charge < -0.3 is 14.8 Å². The van der Waals surface area contributed by atoms with E-state index in [4.69, 9.17) is 0 Å². The van der Waals surface area contributed by atoms with Gasteiger partial charge in [0.2, 0.25) is 0 Å². The van der Waals surface area contributed by atoms with E-state index in [-0.39, 0.29) is 17.9 Å². The average Bonchev–Trinajstić information content (AvgIpc) is 3.55. The zero-order chi connectivity index (χ0) is 21.7. The van der Waals surface area contributed by atoms with Gasteiger partial charge in [-0.2, -0.15) is 0 Å². The first-order chi connectivity index (χ1) is 15.7. The summed E-state index contributed by atoms with van der Waals surface area (Å²) in [6, 6.07) is 13.9. The number of amides is 2. The molecule has 32 heavy (non-hydrogen) atoms. The standard InChI is InChI=1S/C25H22FN3OS2/c26-16-9-11-17(12-10-16)27-25(30)29-15-19-18-5-1-2-7-21(18)32-24(19)28-13-3-6-20(28)23(29)22-8-4-14-31-22/h3-4,6,8-14,23H,1-2,5,7,15H2,(H,27,30). The number of nitrogens with one attached hydrogen (secondary N) is 1. The Labute approximate surface area is 193 Å². The average molecular weight is 464 g/mol. The first-order valence-corrected chi connectivity index (χ1v) is 12.6. The van der Waals surface area contributed by atoms with Gasteiger partial charge in [0.05, 0.1) is 12.2 Å². The fourth-order valence-corrected chi connectivity index (χ4v) is 7.11. The maximum atomic E-state index is 13.7. The Morgan fingerprint density at radius 1 is 1.03 bits per heavy atom. The molecule has 1 atom stereocenters. The van der Waals surface area contributed by atoms with Gasteiger partial charge in [0.25, 0.3) is 0 Å². The molecule has 1 aromatic carbocycles. The van der Waals surface area contributed by atoms with Crippen LogP contribution in [-0.4, -0.2) is 15.5 Å². The summed E-state index contributed by atoms with van der Waals surface area (Å²) in [5.41, 5.74) is 4.39. The zero-order valence-corrected chi connectivity index (χ0v) is 19.0. The molecule has 1 unspecified atom stereocenters. The number of thiophene rings is 2. The summed E-state index contributed by atoms with van der Waals surface area (Å²) >= 11 is 3.55. The first-order valence-electron chi connectivity index (χ1n) is 10.9. The van der Waals surface area contributed by atoms with Crippen LogP contribution < -0.4 is 5.32 Å². The summed E-state index contributed by atoms with van der Waals surface area (Å²) in [5.74, 6) is -0.318. The largest absolute Gasteiger partial charge is 0.323 e. The number of hydrogen-bond donors (Lipinski definition) is 1. The third-order valence-corrected chi connectivity index (χ3v) is 8.61. The van der Waals surface area contributed by atoms with Gasteiger partial charge >= 0.3 is 6.03 Å². The summed E-state index contributed by atoms with van der Waals surface area (Å²) in [5, 5.41) is 6.31.